The highest BCUT2D eigenvalue weighted by Gasteiger charge is 2.95. The van der Waals surface area contributed by atoms with Crippen molar-refractivity contribution in [3.8, 4) is 0 Å². The van der Waals surface area contributed by atoms with Gasteiger partial charge in [-0.15, -0.1) is 0 Å². The van der Waals surface area contributed by atoms with Crippen LogP contribution >= 0.6 is 0 Å². The first-order valence-electron chi connectivity index (χ1n) is 13.7. The first kappa shape index (κ1) is 40.9. The second kappa shape index (κ2) is 12.5. The molecule has 0 saturated carbocycles. The fourth-order valence-electron chi connectivity index (χ4n) is 5.14. The molecule has 0 heterocycles. The van der Waals surface area contributed by atoms with E-state index in [9.17, 15) is 74.6 Å². The van der Waals surface area contributed by atoms with Crippen molar-refractivity contribution in [2.24, 2.45) is 0 Å². The Morgan fingerprint density at radius 2 is 0.936 bits per heavy atom. The Morgan fingerprint density at radius 1 is 0.532 bits per heavy atom. The quantitative estimate of drug-likeness (QED) is 0.139. The molecule has 19 heteroatoms. The maximum Gasteiger partial charge on any atom is 0.460 e. The molecule has 0 unspecified atom stereocenters. The van der Waals surface area contributed by atoms with Crippen LogP contribution in [0.4, 0.5) is 74.6 Å². The smallest absolute Gasteiger partial charge is 0.410 e. The molecular formula is C28H29F17OSi. The van der Waals surface area contributed by atoms with E-state index in [-0.39, 0.29) is 0 Å². The van der Waals surface area contributed by atoms with Crippen molar-refractivity contribution >= 4 is 19.1 Å². The van der Waals surface area contributed by atoms with Gasteiger partial charge in [-0.25, -0.2) is 0 Å². The Bertz CT molecular complexity index is 1380. The van der Waals surface area contributed by atoms with E-state index in [1.807, 2.05) is 0 Å². The third kappa shape index (κ3) is 6.43. The lowest BCUT2D eigenvalue weighted by molar-refractivity contribution is -0.461. The molecule has 2 rings (SSSR count). The lowest BCUT2D eigenvalue weighted by Crippen LogP contribution is -2.74. The highest BCUT2D eigenvalue weighted by Crippen LogP contribution is 2.64. The van der Waals surface area contributed by atoms with Gasteiger partial charge >= 0.3 is 47.6 Å². The highest BCUT2D eigenvalue weighted by molar-refractivity contribution is 6.76. The van der Waals surface area contributed by atoms with Gasteiger partial charge in [0, 0.05) is 6.42 Å². The SMILES string of the molecule is CC(C)[Si](CCC(F)(F)C(F)(F)C(F)(F)C(F)(F)C(F)(F)C(F)(F)C(F)(F)C(F)(F)F)(O[C@@H](C)c1ccc2ccccc2c1)C(C)C. The molecule has 0 aliphatic rings. The number of fused-ring (bicyclic) bond motifs is 1. The average Bonchev–Trinajstić information content (AvgIpc) is 2.93. The van der Waals surface area contributed by atoms with Crippen LogP contribution < -0.4 is 0 Å². The Kier molecular flexibility index (Phi) is 10.9. The Balaban J connectivity index is 2.51. The molecule has 270 valence electrons. The summed E-state index contributed by atoms with van der Waals surface area (Å²) in [5.74, 6) is -56.4. The summed E-state index contributed by atoms with van der Waals surface area (Å²) in [5.41, 5.74) is -1.13. The Labute approximate surface area is 258 Å². The number of hydrogen-bond donors (Lipinski definition) is 0. The number of benzene rings is 2. The number of rotatable bonds is 14. The van der Waals surface area contributed by atoms with E-state index in [1.54, 1.807) is 42.5 Å². The van der Waals surface area contributed by atoms with Crippen LogP contribution in [0.3, 0.4) is 0 Å². The van der Waals surface area contributed by atoms with Gasteiger partial charge in [0.15, 0.2) is 8.32 Å². The van der Waals surface area contributed by atoms with E-state index in [0.29, 0.717) is 10.9 Å². The summed E-state index contributed by atoms with van der Waals surface area (Å²) in [6.45, 7) is 7.00. The fraction of sp³-hybridized carbons (Fsp3) is 0.643. The molecule has 0 spiro atoms. The topological polar surface area (TPSA) is 9.23 Å². The van der Waals surface area contributed by atoms with Crippen molar-refractivity contribution in [1.29, 1.82) is 0 Å². The maximum atomic E-state index is 14.9. The van der Waals surface area contributed by atoms with Crippen LogP contribution in [0.2, 0.25) is 17.1 Å². The molecule has 0 saturated heterocycles. The van der Waals surface area contributed by atoms with Crippen molar-refractivity contribution in [3.05, 3.63) is 48.0 Å². The van der Waals surface area contributed by atoms with E-state index >= 15 is 0 Å². The summed E-state index contributed by atoms with van der Waals surface area (Å²) in [6.07, 6.45) is -11.2. The maximum absolute atomic E-state index is 14.9. The van der Waals surface area contributed by atoms with Crippen molar-refractivity contribution in [2.75, 3.05) is 0 Å². The molecule has 0 radical (unpaired) electrons. The van der Waals surface area contributed by atoms with Gasteiger partial charge in [-0.05, 0) is 46.5 Å². The largest absolute Gasteiger partial charge is 0.460 e. The van der Waals surface area contributed by atoms with Crippen LogP contribution in [0.25, 0.3) is 10.8 Å². The summed E-state index contributed by atoms with van der Waals surface area (Å²) >= 11 is 0. The molecule has 0 N–H and O–H groups in total. The number of halogens is 17. The van der Waals surface area contributed by atoms with Crippen LogP contribution in [0.1, 0.15) is 52.7 Å². The van der Waals surface area contributed by atoms with E-state index < -0.39 is 85.6 Å². The van der Waals surface area contributed by atoms with Crippen LogP contribution in [0.15, 0.2) is 42.5 Å². The van der Waals surface area contributed by atoms with Crippen molar-refractivity contribution in [2.45, 2.75) is 112 Å². The monoisotopic (exact) mass is 732 g/mol. The first-order valence-corrected chi connectivity index (χ1v) is 15.9. The van der Waals surface area contributed by atoms with Crippen LogP contribution in [-0.2, 0) is 4.43 Å². The second-order valence-corrected chi connectivity index (χ2v) is 16.7. The summed E-state index contributed by atoms with van der Waals surface area (Å²) in [4.78, 5) is 0. The molecular weight excluding hydrogens is 703 g/mol. The van der Waals surface area contributed by atoms with Crippen LogP contribution in [0.5, 0.6) is 0 Å². The molecule has 1 atom stereocenters. The van der Waals surface area contributed by atoms with Gasteiger partial charge in [-0.2, -0.15) is 74.6 Å². The predicted octanol–water partition coefficient (Wildman–Crippen LogP) is 12.1. The molecule has 0 fully saturated rings. The van der Waals surface area contributed by atoms with Gasteiger partial charge in [0.2, 0.25) is 0 Å². The zero-order valence-electron chi connectivity index (χ0n) is 25.0. The molecule has 47 heavy (non-hydrogen) atoms. The molecule has 0 aliphatic carbocycles. The number of alkyl halides is 17. The van der Waals surface area contributed by atoms with Crippen LogP contribution in [-0.4, -0.2) is 56.0 Å². The molecule has 1 nitrogen and oxygen atoms in total. The van der Waals surface area contributed by atoms with Gasteiger partial charge in [0.05, 0.1) is 6.10 Å². The lowest BCUT2D eigenvalue weighted by Gasteiger charge is -2.44. The molecule has 0 aromatic heterocycles. The average molecular weight is 733 g/mol. The molecule has 2 aromatic carbocycles. The normalized spacial score (nSPS) is 16.0. The van der Waals surface area contributed by atoms with Gasteiger partial charge in [-0.1, -0.05) is 64.1 Å². The van der Waals surface area contributed by atoms with Gasteiger partial charge in [0.25, 0.3) is 0 Å². The summed E-state index contributed by atoms with van der Waals surface area (Å²) in [7, 11) is -3.91. The number of hydrogen-bond acceptors (Lipinski definition) is 1. The summed E-state index contributed by atoms with van der Waals surface area (Å²) in [6, 6.07) is 10.6. The van der Waals surface area contributed by atoms with Crippen LogP contribution in [0, 0.1) is 0 Å². The van der Waals surface area contributed by atoms with Crippen molar-refractivity contribution < 1.29 is 79.1 Å². The minimum absolute atomic E-state index is 0.448. The van der Waals surface area contributed by atoms with E-state index in [2.05, 4.69) is 0 Å². The third-order valence-electron chi connectivity index (χ3n) is 8.21. The van der Waals surface area contributed by atoms with Crippen molar-refractivity contribution in [3.63, 3.8) is 0 Å². The lowest BCUT2D eigenvalue weighted by atomic mass is 9.88. The van der Waals surface area contributed by atoms with Crippen molar-refractivity contribution in [1.82, 2.24) is 0 Å². The summed E-state index contributed by atoms with van der Waals surface area (Å²) in [5, 5.41) is 1.48. The van der Waals surface area contributed by atoms with Gasteiger partial charge in [0.1, 0.15) is 0 Å². The fourth-order valence-corrected chi connectivity index (χ4v) is 9.79. The van der Waals surface area contributed by atoms with E-state index in [1.165, 1.54) is 34.6 Å². The minimum Gasteiger partial charge on any atom is -0.410 e. The predicted molar refractivity (Wildman–Crippen MR) is 140 cm³/mol. The molecule has 0 amide bonds. The van der Waals surface area contributed by atoms with Gasteiger partial charge < -0.3 is 4.43 Å². The minimum atomic E-state index is -8.64. The first-order chi connectivity index (χ1) is 20.8. The summed E-state index contributed by atoms with van der Waals surface area (Å²) < 4.78 is 240. The zero-order chi connectivity index (χ0) is 37.0. The standard InChI is InChI=1S/C28H29F17OSi/c1-15(2)47(16(3)4,46-17(5)19-11-10-18-8-6-7-9-20(18)14-19)13-12-21(29,30)22(31,32)23(33,34)24(35,36)25(37,38)26(39,40)27(41,42)28(43,44)45/h6-11,14-17H,12-13H2,1-5H3/t17-/m0/s1. The third-order valence-corrected chi connectivity index (χ3v) is 13.9. The van der Waals surface area contributed by atoms with E-state index in [0.717, 1.165) is 5.39 Å². The Morgan fingerprint density at radius 3 is 1.36 bits per heavy atom. The second-order valence-electron chi connectivity index (χ2n) is 11.8. The highest BCUT2D eigenvalue weighted by atomic mass is 28.4. The van der Waals surface area contributed by atoms with E-state index in [4.69, 9.17) is 4.43 Å². The zero-order valence-corrected chi connectivity index (χ0v) is 26.0. The molecule has 0 aliphatic heterocycles. The van der Waals surface area contributed by atoms with Gasteiger partial charge in [-0.3, -0.25) is 0 Å². The molecule has 2 aromatic rings. The Hall–Kier alpha value is -2.31. The molecule has 0 bridgehead atoms.